The van der Waals surface area contributed by atoms with Gasteiger partial charge >= 0.3 is 6.09 Å². The lowest BCUT2D eigenvalue weighted by molar-refractivity contribution is 0.0123. The smallest absolute Gasteiger partial charge is 0.410 e. The van der Waals surface area contributed by atoms with E-state index in [1.165, 1.54) is 6.07 Å². The molecule has 2 amide bonds. The third-order valence-electron chi connectivity index (χ3n) is 7.58. The molecule has 5 heterocycles. The quantitative estimate of drug-likeness (QED) is 0.387. The van der Waals surface area contributed by atoms with Crippen molar-refractivity contribution in [3.8, 4) is 0 Å². The van der Waals surface area contributed by atoms with Crippen LogP contribution in [-0.2, 0) is 11.3 Å². The van der Waals surface area contributed by atoms with Crippen molar-refractivity contribution in [1.29, 1.82) is 0 Å². The van der Waals surface area contributed by atoms with Crippen molar-refractivity contribution in [3.63, 3.8) is 0 Å². The Hall–Kier alpha value is -4.15. The first-order chi connectivity index (χ1) is 19.0. The zero-order valence-electron chi connectivity index (χ0n) is 23.4. The van der Waals surface area contributed by atoms with Crippen LogP contribution in [0.2, 0.25) is 0 Å². The molecule has 0 spiro atoms. The minimum atomic E-state index is -0.541. The molecule has 3 aromatic heterocycles. The van der Waals surface area contributed by atoms with Crippen LogP contribution in [0.1, 0.15) is 56.6 Å². The molecule has 1 N–H and O–H groups in total. The highest BCUT2D eigenvalue weighted by molar-refractivity contribution is 6.14. The second-order valence-corrected chi connectivity index (χ2v) is 11.7. The monoisotopic (exact) mass is 547 g/mol. The minimum Gasteiger partial charge on any atom is -0.444 e. The van der Waals surface area contributed by atoms with Crippen LogP contribution in [0.15, 0.2) is 36.8 Å². The highest BCUT2D eigenvalue weighted by Crippen LogP contribution is 2.37. The normalized spacial score (nSPS) is 19.1. The number of pyridine rings is 1. The van der Waals surface area contributed by atoms with Crippen molar-refractivity contribution in [2.75, 3.05) is 23.3 Å². The molecule has 2 aliphatic heterocycles. The summed E-state index contributed by atoms with van der Waals surface area (Å²) in [5, 5.41) is 8.41. The molecule has 0 unspecified atom stereocenters. The Kier molecular flexibility index (Phi) is 6.19. The third-order valence-corrected chi connectivity index (χ3v) is 7.58. The molecule has 2 bridgehead atoms. The van der Waals surface area contributed by atoms with Gasteiger partial charge in [0.25, 0.3) is 5.91 Å². The minimum absolute atomic E-state index is 0.0597. The number of fused-ring (bicyclic) bond motifs is 4. The van der Waals surface area contributed by atoms with E-state index in [0.29, 0.717) is 42.1 Å². The van der Waals surface area contributed by atoms with Gasteiger partial charge in [-0.25, -0.2) is 14.2 Å². The van der Waals surface area contributed by atoms with Crippen LogP contribution in [0, 0.1) is 12.7 Å². The molecule has 2 saturated heterocycles. The lowest BCUT2D eigenvalue weighted by Crippen LogP contribution is -2.56. The molecule has 0 saturated carbocycles. The summed E-state index contributed by atoms with van der Waals surface area (Å²) >= 11 is 0. The molecule has 6 rings (SSSR count). The molecule has 0 aliphatic carbocycles. The lowest BCUT2D eigenvalue weighted by atomic mass is 10.1. The second-order valence-electron chi connectivity index (χ2n) is 11.7. The number of aryl methyl sites for hydroxylation is 2. The number of ether oxygens (including phenoxy) is 1. The van der Waals surface area contributed by atoms with E-state index in [-0.39, 0.29) is 29.7 Å². The number of benzene rings is 1. The van der Waals surface area contributed by atoms with Crippen LogP contribution in [-0.4, -0.2) is 66.8 Å². The van der Waals surface area contributed by atoms with Gasteiger partial charge in [0.1, 0.15) is 11.1 Å². The standard InChI is InChI=1S/C29H34FN7O3/c1-6-36-16-22-24(34-14-19-7-8-20(15-34)37(19)28(39)40-29(3,4)5)10-9-21(25(22)33-36)27(38)32-18-11-23(30)26-31-17(2)12-35(26)13-18/h9-13,16,19-20H,6-8,14-15H2,1-5H3,(H,32,38)/t19-,20+. The second kappa shape index (κ2) is 9.50. The maximum Gasteiger partial charge on any atom is 0.410 e. The molecule has 10 nitrogen and oxygen atoms in total. The number of imidazole rings is 1. The molecule has 11 heteroatoms. The number of piperazine rings is 1. The van der Waals surface area contributed by atoms with Crippen LogP contribution in [0.25, 0.3) is 16.6 Å². The van der Waals surface area contributed by atoms with Crippen LogP contribution in [0.5, 0.6) is 0 Å². The molecule has 40 heavy (non-hydrogen) atoms. The van der Waals surface area contributed by atoms with E-state index in [2.05, 4.69) is 15.2 Å². The number of rotatable bonds is 4. The fourth-order valence-electron chi connectivity index (χ4n) is 5.92. The van der Waals surface area contributed by atoms with Crippen LogP contribution < -0.4 is 10.2 Å². The largest absolute Gasteiger partial charge is 0.444 e. The van der Waals surface area contributed by atoms with Crippen molar-refractivity contribution < 1.29 is 18.7 Å². The molecule has 0 radical (unpaired) electrons. The Balaban J connectivity index is 1.29. The number of hydrogen-bond donors (Lipinski definition) is 1. The molecule has 2 aliphatic rings. The number of halogens is 1. The summed E-state index contributed by atoms with van der Waals surface area (Å²) < 4.78 is 23.7. The summed E-state index contributed by atoms with van der Waals surface area (Å²) in [6, 6.07) is 5.12. The third kappa shape index (κ3) is 4.63. The molecule has 210 valence electrons. The summed E-state index contributed by atoms with van der Waals surface area (Å²) in [5.41, 5.74) is 2.65. The average Bonchev–Trinajstić information content (AvgIpc) is 3.55. The van der Waals surface area contributed by atoms with Gasteiger partial charge in [0, 0.05) is 55.4 Å². The highest BCUT2D eigenvalue weighted by atomic mass is 19.1. The van der Waals surface area contributed by atoms with E-state index in [0.717, 1.165) is 23.9 Å². The van der Waals surface area contributed by atoms with Crippen LogP contribution >= 0.6 is 0 Å². The molecule has 4 aromatic rings. The van der Waals surface area contributed by atoms with Gasteiger partial charge in [-0.1, -0.05) is 0 Å². The topological polar surface area (TPSA) is 97.0 Å². The Morgan fingerprint density at radius 3 is 2.52 bits per heavy atom. The number of nitrogens with one attached hydrogen (secondary N) is 1. The Morgan fingerprint density at radius 1 is 1.12 bits per heavy atom. The number of carbonyl (C=O) groups is 2. The first-order valence-electron chi connectivity index (χ1n) is 13.7. The van der Waals surface area contributed by atoms with Gasteiger partial charge in [0.05, 0.1) is 29.0 Å². The maximum atomic E-state index is 14.6. The van der Waals surface area contributed by atoms with Crippen molar-refractivity contribution in [1.82, 2.24) is 24.1 Å². The highest BCUT2D eigenvalue weighted by Gasteiger charge is 2.44. The molecular weight excluding hydrogens is 513 g/mol. The van der Waals surface area contributed by atoms with Crippen molar-refractivity contribution in [2.24, 2.45) is 0 Å². The number of carbonyl (C=O) groups excluding carboxylic acids is 2. The Labute approximate surface area is 231 Å². The molecule has 1 aromatic carbocycles. The summed E-state index contributed by atoms with van der Waals surface area (Å²) in [5.74, 6) is -0.884. The van der Waals surface area contributed by atoms with E-state index in [1.54, 1.807) is 29.8 Å². The predicted octanol–water partition coefficient (Wildman–Crippen LogP) is 4.99. The zero-order chi connectivity index (χ0) is 28.3. The predicted molar refractivity (Wildman–Crippen MR) is 150 cm³/mol. The summed E-state index contributed by atoms with van der Waals surface area (Å²) in [6.45, 7) is 11.4. The van der Waals surface area contributed by atoms with Crippen molar-refractivity contribution in [3.05, 3.63) is 53.9 Å². The van der Waals surface area contributed by atoms with Gasteiger partial charge in [-0.05, 0) is 59.6 Å². The van der Waals surface area contributed by atoms with E-state index >= 15 is 0 Å². The van der Waals surface area contributed by atoms with Gasteiger partial charge in [0.2, 0.25) is 0 Å². The summed E-state index contributed by atoms with van der Waals surface area (Å²) in [6.07, 6.45) is 6.91. The lowest BCUT2D eigenvalue weighted by Gasteiger charge is -2.42. The Bertz CT molecular complexity index is 1620. The fraction of sp³-hybridized carbons (Fsp3) is 0.448. The van der Waals surface area contributed by atoms with E-state index in [1.807, 2.05) is 49.5 Å². The van der Waals surface area contributed by atoms with Crippen molar-refractivity contribution >= 4 is 39.9 Å². The van der Waals surface area contributed by atoms with Gasteiger partial charge < -0.3 is 19.4 Å². The summed E-state index contributed by atoms with van der Waals surface area (Å²) in [4.78, 5) is 34.7. The van der Waals surface area contributed by atoms with Crippen LogP contribution in [0.3, 0.4) is 0 Å². The van der Waals surface area contributed by atoms with E-state index < -0.39 is 11.4 Å². The SMILES string of the molecule is CCn1cc2c(N3C[C@H]4CC[C@@H](C3)N4C(=O)OC(C)(C)C)ccc(C(=O)Nc3cc(F)c4nc(C)cn4c3)c2n1. The molecule has 2 fully saturated rings. The van der Waals surface area contributed by atoms with E-state index in [4.69, 9.17) is 9.84 Å². The summed E-state index contributed by atoms with van der Waals surface area (Å²) in [7, 11) is 0. The fourth-order valence-corrected chi connectivity index (χ4v) is 5.92. The van der Waals surface area contributed by atoms with E-state index in [9.17, 15) is 14.0 Å². The van der Waals surface area contributed by atoms with Gasteiger partial charge in [-0.2, -0.15) is 5.10 Å². The molecular formula is C29H34FN7O3. The number of nitrogens with zero attached hydrogens (tertiary/aromatic N) is 6. The zero-order valence-corrected chi connectivity index (χ0v) is 23.4. The molecule has 2 atom stereocenters. The number of aromatic nitrogens is 4. The first kappa shape index (κ1) is 26.1. The number of amides is 2. The van der Waals surface area contributed by atoms with Crippen molar-refractivity contribution in [2.45, 2.75) is 71.7 Å². The van der Waals surface area contributed by atoms with Gasteiger partial charge in [-0.3, -0.25) is 14.4 Å². The first-order valence-corrected chi connectivity index (χ1v) is 13.7. The Morgan fingerprint density at radius 2 is 1.85 bits per heavy atom. The van der Waals surface area contributed by atoms with Gasteiger partial charge in [-0.15, -0.1) is 0 Å². The number of anilines is 2. The average molecular weight is 548 g/mol. The number of hydrogen-bond acceptors (Lipinski definition) is 6. The van der Waals surface area contributed by atoms with Crippen LogP contribution in [0.4, 0.5) is 20.6 Å². The maximum absolute atomic E-state index is 14.6. The van der Waals surface area contributed by atoms with Gasteiger partial charge in [0.15, 0.2) is 11.5 Å².